The molecule has 0 unspecified atom stereocenters. The number of nitrogens with one attached hydrogen (secondary N) is 2. The van der Waals surface area contributed by atoms with Gasteiger partial charge in [-0.05, 0) is 0 Å². The second-order valence-electron chi connectivity index (χ2n) is 3.59. The van der Waals surface area contributed by atoms with Gasteiger partial charge in [-0.25, -0.2) is 13.1 Å². The molecule has 0 aliphatic heterocycles. The number of sulfonamides is 1. The minimum atomic E-state index is -3.79. The van der Waals surface area contributed by atoms with Gasteiger partial charge in [-0.1, -0.05) is 0 Å². The molecule has 0 aliphatic carbocycles. The lowest BCUT2D eigenvalue weighted by Gasteiger charge is -2.03. The van der Waals surface area contributed by atoms with Crippen LogP contribution in [0.5, 0.6) is 0 Å². The van der Waals surface area contributed by atoms with Crippen LogP contribution in [0.3, 0.4) is 0 Å². The van der Waals surface area contributed by atoms with E-state index in [2.05, 4.69) is 15.1 Å². The topological polar surface area (TPSA) is 130 Å². The van der Waals surface area contributed by atoms with Gasteiger partial charge in [0, 0.05) is 26.2 Å². The quantitative estimate of drug-likeness (QED) is 0.553. The Morgan fingerprint density at radius 2 is 2.16 bits per heavy atom. The van der Waals surface area contributed by atoms with E-state index in [1.54, 1.807) is 0 Å². The Hall–Kier alpha value is -1.94. The van der Waals surface area contributed by atoms with Gasteiger partial charge in [-0.15, -0.1) is 0 Å². The average Bonchev–Trinajstić information content (AvgIpc) is 2.76. The van der Waals surface area contributed by atoms with Crippen molar-refractivity contribution in [3.05, 3.63) is 12.4 Å². The molecule has 0 radical (unpaired) electrons. The van der Waals surface area contributed by atoms with E-state index in [9.17, 15) is 18.0 Å². The Kier molecular flexibility index (Phi) is 5.01. The number of nitrogens with zero attached hydrogens (tertiary/aromatic N) is 2. The fourth-order valence-electron chi connectivity index (χ4n) is 1.22. The number of carbonyl (C=O) groups excluding carboxylic acids is 1. The van der Waals surface area contributed by atoms with Gasteiger partial charge in [0.1, 0.15) is 11.4 Å². The van der Waals surface area contributed by atoms with E-state index in [0.717, 1.165) is 17.1 Å². The summed E-state index contributed by atoms with van der Waals surface area (Å²) in [5.41, 5.74) is 0. The van der Waals surface area contributed by atoms with Gasteiger partial charge in [-0.2, -0.15) is 5.10 Å². The molecule has 0 spiro atoms. The van der Waals surface area contributed by atoms with Crippen LogP contribution in [0, 0.1) is 0 Å². The number of aliphatic carboxylic acids is 1. The summed E-state index contributed by atoms with van der Waals surface area (Å²) in [6.45, 7) is -0.472. The molecule has 106 valence electrons. The van der Waals surface area contributed by atoms with Crippen molar-refractivity contribution in [3.63, 3.8) is 0 Å². The van der Waals surface area contributed by atoms with Gasteiger partial charge >= 0.3 is 5.97 Å². The number of hydrogen-bond donors (Lipinski definition) is 3. The highest BCUT2D eigenvalue weighted by Crippen LogP contribution is 2.06. The molecule has 9 nitrogen and oxygen atoms in total. The third-order valence-corrected chi connectivity index (χ3v) is 3.56. The van der Waals surface area contributed by atoms with Crippen molar-refractivity contribution in [3.8, 4) is 0 Å². The molecule has 0 saturated heterocycles. The number of carboxylic acid groups (broad SMARTS) is 1. The Balaban J connectivity index is 2.64. The molecule has 1 amide bonds. The number of hydrogen-bond acceptors (Lipinski definition) is 5. The molecule has 0 fully saturated rings. The lowest BCUT2D eigenvalue weighted by Crippen LogP contribution is -2.29. The first-order chi connectivity index (χ1) is 8.85. The molecule has 1 aromatic heterocycles. The van der Waals surface area contributed by atoms with Crippen LogP contribution in [-0.4, -0.2) is 48.8 Å². The highest BCUT2D eigenvalue weighted by atomic mass is 32.2. The zero-order valence-corrected chi connectivity index (χ0v) is 11.0. The van der Waals surface area contributed by atoms with Crippen LogP contribution in [0.4, 0.5) is 0 Å². The average molecular weight is 290 g/mol. The molecule has 3 N–H and O–H groups in total. The van der Waals surface area contributed by atoms with Crippen molar-refractivity contribution in [1.29, 1.82) is 0 Å². The first kappa shape index (κ1) is 15.1. The number of amides is 1. The molecule has 0 atom stereocenters. The van der Waals surface area contributed by atoms with Gasteiger partial charge in [0.05, 0.1) is 6.20 Å². The van der Waals surface area contributed by atoms with E-state index in [0.29, 0.717) is 0 Å². The summed E-state index contributed by atoms with van der Waals surface area (Å²) in [4.78, 5) is 21.2. The molecular weight excluding hydrogens is 276 g/mol. The Morgan fingerprint density at radius 1 is 1.47 bits per heavy atom. The number of aromatic nitrogens is 2. The highest BCUT2D eigenvalue weighted by molar-refractivity contribution is 7.89. The largest absolute Gasteiger partial charge is 0.480 e. The second kappa shape index (κ2) is 6.29. The van der Waals surface area contributed by atoms with Crippen LogP contribution in [0.25, 0.3) is 0 Å². The maximum absolute atomic E-state index is 11.8. The summed E-state index contributed by atoms with van der Waals surface area (Å²) in [7, 11) is -2.33. The predicted molar refractivity (Wildman–Crippen MR) is 63.7 cm³/mol. The van der Waals surface area contributed by atoms with Crippen molar-refractivity contribution in [1.82, 2.24) is 19.8 Å². The molecule has 1 rings (SSSR count). The summed E-state index contributed by atoms with van der Waals surface area (Å²) in [5.74, 6) is -1.41. The maximum Gasteiger partial charge on any atom is 0.325 e. The molecule has 0 bridgehead atoms. The SMILES string of the molecule is CNC(=O)CCNS(=O)(=O)c1cnn(CC(=O)O)c1. The van der Waals surface area contributed by atoms with E-state index in [-0.39, 0.29) is 23.8 Å². The van der Waals surface area contributed by atoms with E-state index in [4.69, 9.17) is 5.11 Å². The third kappa shape index (κ3) is 4.67. The second-order valence-corrected chi connectivity index (χ2v) is 5.36. The summed E-state index contributed by atoms with van der Waals surface area (Å²) in [5, 5.41) is 14.5. The molecular formula is C9H14N4O5S. The smallest absolute Gasteiger partial charge is 0.325 e. The Bertz CT molecular complexity index is 565. The van der Waals surface area contributed by atoms with Crippen molar-refractivity contribution < 1.29 is 23.1 Å². The van der Waals surface area contributed by atoms with Gasteiger partial charge in [0.25, 0.3) is 0 Å². The first-order valence-electron chi connectivity index (χ1n) is 5.29. The summed E-state index contributed by atoms with van der Waals surface area (Å²) in [6, 6.07) is 0. The van der Waals surface area contributed by atoms with Crippen LogP contribution < -0.4 is 10.0 Å². The Morgan fingerprint density at radius 3 is 2.74 bits per heavy atom. The third-order valence-electron chi connectivity index (χ3n) is 2.14. The van der Waals surface area contributed by atoms with E-state index < -0.39 is 22.5 Å². The van der Waals surface area contributed by atoms with Crippen LogP contribution in [0.2, 0.25) is 0 Å². The van der Waals surface area contributed by atoms with Gasteiger partial charge in [0.15, 0.2) is 0 Å². The molecule has 0 aliphatic rings. The standard InChI is InChI=1S/C9H14N4O5S/c1-10-8(14)2-3-12-19(17,18)7-4-11-13(5-7)6-9(15)16/h4-5,12H,2-3,6H2,1H3,(H,10,14)(H,15,16). The van der Waals surface area contributed by atoms with E-state index >= 15 is 0 Å². The zero-order valence-electron chi connectivity index (χ0n) is 10.2. The number of carboxylic acids is 1. The molecule has 0 saturated carbocycles. The molecule has 1 aromatic rings. The lowest BCUT2D eigenvalue weighted by atomic mass is 10.4. The van der Waals surface area contributed by atoms with Crippen molar-refractivity contribution in [2.24, 2.45) is 0 Å². The summed E-state index contributed by atoms with van der Waals surface area (Å²) >= 11 is 0. The zero-order chi connectivity index (χ0) is 14.5. The predicted octanol–water partition coefficient (Wildman–Crippen LogP) is -1.62. The molecule has 1 heterocycles. The van der Waals surface area contributed by atoms with Crippen LogP contribution in [-0.2, 0) is 26.2 Å². The fourth-order valence-corrected chi connectivity index (χ4v) is 2.20. The van der Waals surface area contributed by atoms with Crippen LogP contribution >= 0.6 is 0 Å². The normalized spacial score (nSPS) is 11.2. The molecule has 0 aromatic carbocycles. The highest BCUT2D eigenvalue weighted by Gasteiger charge is 2.17. The van der Waals surface area contributed by atoms with Gasteiger partial charge < -0.3 is 10.4 Å². The van der Waals surface area contributed by atoms with Crippen molar-refractivity contribution in [2.75, 3.05) is 13.6 Å². The summed E-state index contributed by atoms with van der Waals surface area (Å²) in [6.07, 6.45) is 2.17. The molecule has 10 heteroatoms. The lowest BCUT2D eigenvalue weighted by molar-refractivity contribution is -0.137. The fraction of sp³-hybridized carbons (Fsp3) is 0.444. The minimum absolute atomic E-state index is 0.0129. The summed E-state index contributed by atoms with van der Waals surface area (Å²) < 4.78 is 26.7. The first-order valence-corrected chi connectivity index (χ1v) is 6.78. The molecule has 19 heavy (non-hydrogen) atoms. The number of rotatable bonds is 7. The van der Waals surface area contributed by atoms with E-state index in [1.165, 1.54) is 7.05 Å². The van der Waals surface area contributed by atoms with Gasteiger partial charge in [-0.3, -0.25) is 14.3 Å². The van der Waals surface area contributed by atoms with Crippen molar-refractivity contribution in [2.45, 2.75) is 17.9 Å². The monoisotopic (exact) mass is 290 g/mol. The van der Waals surface area contributed by atoms with Crippen molar-refractivity contribution >= 4 is 21.9 Å². The van der Waals surface area contributed by atoms with Crippen LogP contribution in [0.1, 0.15) is 6.42 Å². The number of carbonyl (C=O) groups is 2. The van der Waals surface area contributed by atoms with Crippen LogP contribution in [0.15, 0.2) is 17.3 Å². The maximum atomic E-state index is 11.8. The Labute approximate surface area is 109 Å². The van der Waals surface area contributed by atoms with E-state index in [1.807, 2.05) is 0 Å². The minimum Gasteiger partial charge on any atom is -0.480 e. The van der Waals surface area contributed by atoms with Gasteiger partial charge in [0.2, 0.25) is 15.9 Å².